The number of amides is 1. The highest BCUT2D eigenvalue weighted by Crippen LogP contribution is 2.39. The van der Waals surface area contributed by atoms with Crippen LogP contribution >= 0.6 is 0 Å². The Morgan fingerprint density at radius 2 is 2.00 bits per heavy atom. The number of nitrogens with one attached hydrogen (secondary N) is 2. The van der Waals surface area contributed by atoms with Crippen molar-refractivity contribution >= 4 is 33.9 Å². The van der Waals surface area contributed by atoms with Gasteiger partial charge in [0.05, 0.1) is 17.6 Å². The van der Waals surface area contributed by atoms with Gasteiger partial charge < -0.3 is 19.8 Å². The Hall–Kier alpha value is -3.56. The average Bonchev–Trinajstić information content (AvgIpc) is 3.55. The van der Waals surface area contributed by atoms with Crippen molar-refractivity contribution in [2.45, 2.75) is 45.7 Å². The zero-order chi connectivity index (χ0) is 24.3. The van der Waals surface area contributed by atoms with Crippen LogP contribution in [0, 0.1) is 18.8 Å². The molecule has 0 radical (unpaired) electrons. The van der Waals surface area contributed by atoms with Gasteiger partial charge in [-0.05, 0) is 49.3 Å². The number of alkyl halides is 2. The number of nitrogens with zero attached hydrogens (tertiary/aromatic N) is 5. The molecule has 0 unspecified atom stereocenters. The van der Waals surface area contributed by atoms with Crippen molar-refractivity contribution in [1.29, 1.82) is 0 Å². The number of hydrogen-bond acceptors (Lipinski definition) is 5. The first-order chi connectivity index (χ1) is 16.9. The fourth-order valence-corrected chi connectivity index (χ4v) is 5.85. The third-order valence-electron chi connectivity index (χ3n) is 7.53. The molecule has 1 aliphatic carbocycles. The summed E-state index contributed by atoms with van der Waals surface area (Å²) >= 11 is 0. The predicted molar refractivity (Wildman–Crippen MR) is 129 cm³/mol. The van der Waals surface area contributed by atoms with E-state index in [1.165, 1.54) is 0 Å². The van der Waals surface area contributed by atoms with Gasteiger partial charge >= 0.3 is 0 Å². The molecule has 3 atom stereocenters. The molecular formula is C25H27F2N7O. The quantitative estimate of drug-likeness (QED) is 0.447. The highest BCUT2D eigenvalue weighted by atomic mass is 19.3. The second kappa shape index (κ2) is 8.28. The minimum Gasteiger partial charge on any atom is -0.351 e. The number of H-pyrrole nitrogens is 1. The third-order valence-corrected chi connectivity index (χ3v) is 7.53. The standard InChI is InChI=1S/C25H27F2N7O/c1-13-30-21-4-3-15(7-22(21)34(13)12-23(26)27)19-8-28-24-20(19)9-29-25(32-24)31-18-5-16-10-33(14(2)35)11-17(16)6-18/h3-4,7-9,16-18,23H,5-6,10-12H2,1-2H3,(H2,28,29,31,32)/t16-,17+,18-. The van der Waals surface area contributed by atoms with Crippen molar-refractivity contribution in [3.63, 3.8) is 0 Å². The van der Waals surface area contributed by atoms with Gasteiger partial charge in [-0.25, -0.2) is 18.7 Å². The molecule has 0 spiro atoms. The second-order valence-electron chi connectivity index (χ2n) is 9.78. The molecule has 8 nitrogen and oxygen atoms in total. The number of rotatable bonds is 5. The van der Waals surface area contributed by atoms with E-state index in [0.29, 0.717) is 40.7 Å². The van der Waals surface area contributed by atoms with Crippen molar-refractivity contribution in [2.24, 2.45) is 11.8 Å². The van der Waals surface area contributed by atoms with E-state index in [1.807, 2.05) is 29.3 Å². The van der Waals surface area contributed by atoms with Crippen LogP contribution in [0.15, 0.2) is 30.6 Å². The van der Waals surface area contributed by atoms with E-state index < -0.39 is 6.43 Å². The number of likely N-dealkylation sites (tertiary alicyclic amines) is 1. The van der Waals surface area contributed by atoms with Gasteiger partial charge in [-0.1, -0.05) is 6.07 Å². The topological polar surface area (TPSA) is 91.7 Å². The minimum absolute atomic E-state index is 0.160. The van der Waals surface area contributed by atoms with E-state index in [0.717, 1.165) is 48.1 Å². The Balaban J connectivity index is 1.23. The summed E-state index contributed by atoms with van der Waals surface area (Å²) in [5.41, 5.74) is 3.90. The largest absolute Gasteiger partial charge is 0.351 e. The molecule has 182 valence electrons. The lowest BCUT2D eigenvalue weighted by atomic mass is 10.0. The highest BCUT2D eigenvalue weighted by Gasteiger charge is 2.41. The average molecular weight is 480 g/mol. The Morgan fingerprint density at radius 3 is 2.71 bits per heavy atom. The summed E-state index contributed by atoms with van der Waals surface area (Å²) in [6.45, 7) is 4.69. The molecule has 4 aromatic rings. The number of halogens is 2. The lowest BCUT2D eigenvalue weighted by Gasteiger charge is -2.18. The molecule has 1 aromatic carbocycles. The van der Waals surface area contributed by atoms with Crippen LogP contribution in [0.5, 0.6) is 0 Å². The molecule has 1 saturated carbocycles. The molecule has 1 saturated heterocycles. The van der Waals surface area contributed by atoms with Gasteiger partial charge in [0.25, 0.3) is 6.43 Å². The van der Waals surface area contributed by atoms with Crippen LogP contribution in [-0.4, -0.2) is 60.9 Å². The number of imidazole rings is 1. The smallest absolute Gasteiger partial charge is 0.256 e. The maximum atomic E-state index is 13.1. The van der Waals surface area contributed by atoms with Crippen LogP contribution in [-0.2, 0) is 11.3 Å². The van der Waals surface area contributed by atoms with Crippen LogP contribution < -0.4 is 5.32 Å². The minimum atomic E-state index is -2.45. The number of hydrogen-bond donors (Lipinski definition) is 2. The van der Waals surface area contributed by atoms with Gasteiger partial charge in [0.15, 0.2) is 0 Å². The number of aromatic amines is 1. The number of aromatic nitrogens is 5. The van der Waals surface area contributed by atoms with Crippen molar-refractivity contribution in [2.75, 3.05) is 18.4 Å². The molecule has 35 heavy (non-hydrogen) atoms. The van der Waals surface area contributed by atoms with Gasteiger partial charge in [0.1, 0.15) is 11.5 Å². The predicted octanol–water partition coefficient (Wildman–Crippen LogP) is 4.22. The molecule has 4 heterocycles. The Kier molecular flexibility index (Phi) is 5.19. The van der Waals surface area contributed by atoms with Crippen LogP contribution in [0.4, 0.5) is 14.7 Å². The van der Waals surface area contributed by atoms with E-state index in [-0.39, 0.29) is 12.5 Å². The molecule has 1 amide bonds. The molecular weight excluding hydrogens is 452 g/mol. The van der Waals surface area contributed by atoms with Crippen LogP contribution in [0.3, 0.4) is 0 Å². The zero-order valence-corrected chi connectivity index (χ0v) is 19.6. The SMILES string of the molecule is CC(=O)N1C[C@H]2C[C@@H](Nc3ncc4c(-c5ccc6nc(C)n(CC(F)F)c6c5)c[nH]c4n3)C[C@H]2C1. The third kappa shape index (κ3) is 3.90. The van der Waals surface area contributed by atoms with Crippen LogP contribution in [0.2, 0.25) is 0 Å². The van der Waals surface area contributed by atoms with Crippen molar-refractivity contribution in [1.82, 2.24) is 29.4 Å². The monoisotopic (exact) mass is 479 g/mol. The molecule has 2 N–H and O–H groups in total. The highest BCUT2D eigenvalue weighted by molar-refractivity contribution is 5.95. The van der Waals surface area contributed by atoms with Crippen LogP contribution in [0.1, 0.15) is 25.6 Å². The van der Waals surface area contributed by atoms with Gasteiger partial charge in [-0.15, -0.1) is 0 Å². The number of anilines is 1. The lowest BCUT2D eigenvalue weighted by molar-refractivity contribution is -0.128. The summed E-state index contributed by atoms with van der Waals surface area (Å²) in [5, 5.41) is 4.35. The molecule has 0 bridgehead atoms. The van der Waals surface area contributed by atoms with Gasteiger partial charge in [-0.2, -0.15) is 4.98 Å². The number of fused-ring (bicyclic) bond motifs is 3. The second-order valence-corrected chi connectivity index (χ2v) is 9.78. The lowest BCUT2D eigenvalue weighted by Crippen LogP contribution is -2.29. The van der Waals surface area contributed by atoms with E-state index in [4.69, 9.17) is 0 Å². The summed E-state index contributed by atoms with van der Waals surface area (Å²) in [6, 6.07) is 6.00. The maximum absolute atomic E-state index is 13.1. The van der Waals surface area contributed by atoms with E-state index in [2.05, 4.69) is 25.3 Å². The van der Waals surface area contributed by atoms with Crippen LogP contribution in [0.25, 0.3) is 33.2 Å². The first-order valence-electron chi connectivity index (χ1n) is 12.0. The molecule has 3 aromatic heterocycles. The fraction of sp³-hybridized carbons (Fsp3) is 0.440. The fourth-order valence-electron chi connectivity index (χ4n) is 5.85. The number of carbonyl (C=O) groups excluding carboxylic acids is 1. The van der Waals surface area contributed by atoms with E-state index >= 15 is 0 Å². The van der Waals surface area contributed by atoms with E-state index in [1.54, 1.807) is 24.6 Å². The normalized spacial score (nSPS) is 22.0. The Morgan fingerprint density at radius 1 is 1.23 bits per heavy atom. The van der Waals surface area contributed by atoms with Crippen molar-refractivity contribution < 1.29 is 13.6 Å². The summed E-state index contributed by atoms with van der Waals surface area (Å²) < 4.78 is 27.7. The van der Waals surface area contributed by atoms with Gasteiger partial charge in [-0.3, -0.25) is 4.79 Å². The molecule has 2 fully saturated rings. The Labute approximate surface area is 200 Å². The number of benzene rings is 1. The first-order valence-corrected chi connectivity index (χ1v) is 12.0. The molecule has 6 rings (SSSR count). The van der Waals surface area contributed by atoms with E-state index in [9.17, 15) is 13.6 Å². The van der Waals surface area contributed by atoms with Crippen molar-refractivity contribution in [3.8, 4) is 11.1 Å². The summed E-state index contributed by atoms with van der Waals surface area (Å²) in [7, 11) is 0. The molecule has 1 aliphatic heterocycles. The summed E-state index contributed by atoms with van der Waals surface area (Å²) in [5.74, 6) is 2.39. The van der Waals surface area contributed by atoms with Crippen molar-refractivity contribution in [3.05, 3.63) is 36.4 Å². The number of carbonyl (C=O) groups is 1. The molecule has 10 heteroatoms. The van der Waals surface area contributed by atoms with Gasteiger partial charge in [0.2, 0.25) is 11.9 Å². The maximum Gasteiger partial charge on any atom is 0.256 e. The van der Waals surface area contributed by atoms with Gasteiger partial charge in [0, 0.05) is 49.4 Å². The first kappa shape index (κ1) is 21.9. The summed E-state index contributed by atoms with van der Waals surface area (Å²) in [6.07, 6.45) is 3.25. The zero-order valence-electron chi connectivity index (χ0n) is 19.6. The Bertz CT molecular complexity index is 1410. The number of aryl methyl sites for hydroxylation is 1. The molecule has 2 aliphatic rings. The summed E-state index contributed by atoms with van der Waals surface area (Å²) in [4.78, 5) is 30.5.